The minimum Gasteiger partial charge on any atom is -0.382 e. The summed E-state index contributed by atoms with van der Waals surface area (Å²) in [5.41, 5.74) is 1.66. The van der Waals surface area contributed by atoms with Crippen molar-refractivity contribution in [1.82, 2.24) is 16.0 Å². The Balaban J connectivity index is 2.51. The van der Waals surface area contributed by atoms with Crippen molar-refractivity contribution in [3.05, 3.63) is 35.4 Å². The third-order valence-electron chi connectivity index (χ3n) is 3.39. The lowest BCUT2D eigenvalue weighted by atomic mass is 10.1. The summed E-state index contributed by atoms with van der Waals surface area (Å²) >= 11 is 0. The minimum absolute atomic E-state index is 0.0832. The second kappa shape index (κ2) is 12.4. The van der Waals surface area contributed by atoms with Crippen molar-refractivity contribution in [1.29, 1.82) is 0 Å². The number of rotatable bonds is 10. The topological polar surface area (TPSA) is 74.8 Å². The van der Waals surface area contributed by atoms with Gasteiger partial charge in [-0.3, -0.25) is 4.79 Å². The number of carbonyl (C=O) groups excluding carboxylic acids is 1. The van der Waals surface area contributed by atoms with Gasteiger partial charge in [0.1, 0.15) is 0 Å². The lowest BCUT2D eigenvalue weighted by molar-refractivity contribution is 0.0963. The minimum atomic E-state index is -0.0832. The molecule has 0 aromatic heterocycles. The molecular formula is C18H30N4O2. The van der Waals surface area contributed by atoms with Gasteiger partial charge in [0.2, 0.25) is 0 Å². The van der Waals surface area contributed by atoms with Gasteiger partial charge in [0.25, 0.3) is 5.91 Å². The maximum absolute atomic E-state index is 11.7. The predicted molar refractivity (Wildman–Crippen MR) is 98.4 cm³/mol. The van der Waals surface area contributed by atoms with Crippen LogP contribution in [0.25, 0.3) is 0 Å². The zero-order valence-electron chi connectivity index (χ0n) is 15.0. The average Bonchev–Trinajstić information content (AvgIpc) is 2.62. The fourth-order valence-electron chi connectivity index (χ4n) is 2.15. The summed E-state index contributed by atoms with van der Waals surface area (Å²) in [6.45, 7) is 7.82. The Morgan fingerprint density at radius 3 is 2.75 bits per heavy atom. The van der Waals surface area contributed by atoms with Crippen LogP contribution in [0.4, 0.5) is 0 Å². The van der Waals surface area contributed by atoms with E-state index in [1.807, 2.05) is 32.0 Å². The van der Waals surface area contributed by atoms with Crippen molar-refractivity contribution < 1.29 is 9.53 Å². The molecule has 0 heterocycles. The fraction of sp³-hybridized carbons (Fsp3) is 0.556. The van der Waals surface area contributed by atoms with Crippen molar-refractivity contribution in [2.24, 2.45) is 4.99 Å². The summed E-state index contributed by atoms with van der Waals surface area (Å²) < 4.78 is 5.33. The first kappa shape index (κ1) is 20.0. The molecule has 1 aromatic rings. The maximum Gasteiger partial charge on any atom is 0.251 e. The predicted octanol–water partition coefficient (Wildman–Crippen LogP) is 1.92. The Bertz CT molecular complexity index is 517. The third-order valence-corrected chi connectivity index (χ3v) is 3.39. The van der Waals surface area contributed by atoms with Crippen LogP contribution in [0.15, 0.2) is 29.3 Å². The van der Waals surface area contributed by atoms with Crippen molar-refractivity contribution in [2.45, 2.75) is 33.2 Å². The normalized spacial score (nSPS) is 11.2. The molecular weight excluding hydrogens is 304 g/mol. The van der Waals surface area contributed by atoms with Crippen LogP contribution in [-0.4, -0.2) is 45.2 Å². The average molecular weight is 334 g/mol. The summed E-state index contributed by atoms with van der Waals surface area (Å²) in [7, 11) is 1.63. The van der Waals surface area contributed by atoms with Crippen LogP contribution < -0.4 is 16.0 Å². The Morgan fingerprint density at radius 2 is 2.04 bits per heavy atom. The number of aliphatic imine (C=N–C) groups is 1. The van der Waals surface area contributed by atoms with E-state index in [0.717, 1.165) is 50.7 Å². The Kier molecular flexibility index (Phi) is 10.3. The van der Waals surface area contributed by atoms with Gasteiger partial charge in [0.15, 0.2) is 5.96 Å². The number of unbranched alkanes of at least 4 members (excludes halogenated alkanes) is 1. The smallest absolute Gasteiger partial charge is 0.251 e. The molecule has 0 aliphatic carbocycles. The molecule has 0 fully saturated rings. The summed E-state index contributed by atoms with van der Waals surface area (Å²) in [5.74, 6) is 0.708. The molecule has 0 bridgehead atoms. The van der Waals surface area contributed by atoms with Crippen molar-refractivity contribution in [3.63, 3.8) is 0 Å². The van der Waals surface area contributed by atoms with Gasteiger partial charge in [-0.1, -0.05) is 12.1 Å². The van der Waals surface area contributed by atoms with Gasteiger partial charge in [-0.15, -0.1) is 0 Å². The summed E-state index contributed by atoms with van der Waals surface area (Å²) in [5, 5.41) is 9.19. The quantitative estimate of drug-likeness (QED) is 0.347. The van der Waals surface area contributed by atoms with Crippen LogP contribution >= 0.6 is 0 Å². The molecule has 0 unspecified atom stereocenters. The number of hydrogen-bond donors (Lipinski definition) is 3. The number of nitrogens with one attached hydrogen (secondary N) is 3. The lowest BCUT2D eigenvalue weighted by Gasteiger charge is -2.11. The van der Waals surface area contributed by atoms with Crippen molar-refractivity contribution in [2.75, 3.05) is 33.4 Å². The Labute approximate surface area is 145 Å². The molecule has 6 nitrogen and oxygen atoms in total. The van der Waals surface area contributed by atoms with E-state index in [4.69, 9.17) is 4.74 Å². The Hall–Kier alpha value is -2.08. The lowest BCUT2D eigenvalue weighted by Crippen LogP contribution is -2.37. The van der Waals surface area contributed by atoms with Crippen molar-refractivity contribution in [3.8, 4) is 0 Å². The highest BCUT2D eigenvalue weighted by atomic mass is 16.5. The van der Waals surface area contributed by atoms with Crippen LogP contribution in [0.5, 0.6) is 0 Å². The summed E-state index contributed by atoms with van der Waals surface area (Å²) in [6, 6.07) is 7.52. The molecule has 6 heteroatoms. The molecule has 0 aliphatic rings. The number of hydrogen-bond acceptors (Lipinski definition) is 3. The molecule has 0 atom stereocenters. The van der Waals surface area contributed by atoms with E-state index >= 15 is 0 Å². The molecule has 0 spiro atoms. The second-order valence-corrected chi connectivity index (χ2v) is 5.31. The van der Waals surface area contributed by atoms with E-state index in [1.165, 1.54) is 0 Å². The monoisotopic (exact) mass is 334 g/mol. The van der Waals surface area contributed by atoms with E-state index in [0.29, 0.717) is 12.1 Å². The molecule has 0 saturated carbocycles. The van der Waals surface area contributed by atoms with Crippen LogP contribution in [0.1, 0.15) is 42.6 Å². The number of nitrogens with zero attached hydrogens (tertiary/aromatic N) is 1. The maximum atomic E-state index is 11.7. The van der Waals surface area contributed by atoms with Crippen LogP contribution in [-0.2, 0) is 11.3 Å². The van der Waals surface area contributed by atoms with Crippen LogP contribution in [0.2, 0.25) is 0 Å². The van der Waals surface area contributed by atoms with Crippen molar-refractivity contribution >= 4 is 11.9 Å². The molecule has 1 aromatic carbocycles. The van der Waals surface area contributed by atoms with E-state index in [9.17, 15) is 4.79 Å². The van der Waals surface area contributed by atoms with Crippen LogP contribution in [0.3, 0.4) is 0 Å². The van der Waals surface area contributed by atoms with Gasteiger partial charge < -0.3 is 20.7 Å². The molecule has 3 N–H and O–H groups in total. The number of amides is 1. The molecule has 0 aliphatic heterocycles. The summed E-state index contributed by atoms with van der Waals surface area (Å²) in [4.78, 5) is 16.2. The van der Waals surface area contributed by atoms with Gasteiger partial charge in [-0.05, 0) is 44.4 Å². The molecule has 0 saturated heterocycles. The summed E-state index contributed by atoms with van der Waals surface area (Å²) in [6.07, 6.45) is 2.07. The van der Waals surface area contributed by atoms with Gasteiger partial charge in [-0.25, -0.2) is 4.99 Å². The van der Waals surface area contributed by atoms with Gasteiger partial charge in [0.05, 0.1) is 6.54 Å². The van der Waals surface area contributed by atoms with E-state index < -0.39 is 0 Å². The number of carbonyl (C=O) groups is 1. The van der Waals surface area contributed by atoms with Gasteiger partial charge in [-0.2, -0.15) is 0 Å². The number of benzene rings is 1. The fourth-order valence-corrected chi connectivity index (χ4v) is 2.15. The first-order valence-electron chi connectivity index (χ1n) is 8.62. The van der Waals surface area contributed by atoms with E-state index in [-0.39, 0.29) is 5.91 Å². The third kappa shape index (κ3) is 7.97. The molecule has 1 amide bonds. The van der Waals surface area contributed by atoms with Crippen LogP contribution in [0, 0.1) is 0 Å². The Morgan fingerprint density at radius 1 is 1.21 bits per heavy atom. The molecule has 1 rings (SSSR count). The highest BCUT2D eigenvalue weighted by molar-refractivity contribution is 5.94. The molecule has 0 radical (unpaired) electrons. The van der Waals surface area contributed by atoms with Gasteiger partial charge >= 0.3 is 0 Å². The van der Waals surface area contributed by atoms with Gasteiger partial charge in [0, 0.05) is 38.9 Å². The largest absolute Gasteiger partial charge is 0.382 e. The first-order valence-corrected chi connectivity index (χ1v) is 8.62. The first-order chi connectivity index (χ1) is 11.7. The SMILES string of the molecule is CCNC(=NCc1cccc(C(=O)NC)c1)NCCCCOCC. The molecule has 24 heavy (non-hydrogen) atoms. The number of ether oxygens (including phenoxy) is 1. The number of guanidine groups is 1. The molecule has 134 valence electrons. The second-order valence-electron chi connectivity index (χ2n) is 5.31. The highest BCUT2D eigenvalue weighted by Gasteiger charge is 2.03. The van der Waals surface area contributed by atoms with E-state index in [1.54, 1.807) is 13.1 Å². The highest BCUT2D eigenvalue weighted by Crippen LogP contribution is 2.06. The zero-order chi connectivity index (χ0) is 17.6. The van der Waals surface area contributed by atoms with E-state index in [2.05, 4.69) is 20.9 Å². The standard InChI is InChI=1S/C18H30N4O2/c1-4-20-18(21-11-6-7-12-24-5-2)22-14-15-9-8-10-16(13-15)17(23)19-3/h8-10,13H,4-7,11-12,14H2,1-3H3,(H,19,23)(H2,20,21,22). The zero-order valence-corrected chi connectivity index (χ0v) is 15.0.